The van der Waals surface area contributed by atoms with E-state index >= 15 is 0 Å². The number of anilines is 1. The third-order valence-electron chi connectivity index (χ3n) is 6.89. The zero-order chi connectivity index (χ0) is 19.8. The molecule has 1 aliphatic rings. The van der Waals surface area contributed by atoms with E-state index < -0.39 is 0 Å². The third kappa shape index (κ3) is 6.36. The van der Waals surface area contributed by atoms with Crippen molar-refractivity contribution < 1.29 is 4.79 Å². The van der Waals surface area contributed by atoms with Crippen LogP contribution in [0.15, 0.2) is 24.3 Å². The fourth-order valence-corrected chi connectivity index (χ4v) is 4.23. The van der Waals surface area contributed by atoms with Crippen LogP contribution in [0.1, 0.15) is 91.0 Å². The van der Waals surface area contributed by atoms with Crippen LogP contribution in [-0.4, -0.2) is 18.9 Å². The van der Waals surface area contributed by atoms with E-state index in [1.54, 1.807) is 0 Å². The van der Waals surface area contributed by atoms with Crippen molar-refractivity contribution in [2.24, 2.45) is 17.8 Å². The van der Waals surface area contributed by atoms with Crippen molar-refractivity contribution in [1.82, 2.24) is 0 Å². The highest BCUT2D eigenvalue weighted by atomic mass is 16.1. The maximum Gasteiger partial charge on any atom is 0.132 e. The summed E-state index contributed by atoms with van der Waals surface area (Å²) in [5.74, 6) is 3.36. The smallest absolute Gasteiger partial charge is 0.132 e. The molecule has 1 aromatic carbocycles. The molecule has 0 saturated carbocycles. The third-order valence-corrected chi connectivity index (χ3v) is 6.89. The molecule has 1 heterocycles. The van der Waals surface area contributed by atoms with E-state index in [4.69, 9.17) is 0 Å². The Morgan fingerprint density at radius 3 is 2.30 bits per heavy atom. The Bertz CT molecular complexity index is 558. The molecule has 0 bridgehead atoms. The molecule has 0 amide bonds. The number of carbonyl (C=O) groups excluding carboxylic acids is 1. The Balaban J connectivity index is 1.78. The largest absolute Gasteiger partial charge is 0.371 e. The fraction of sp³-hybridized carbons (Fsp3) is 0.720. The average molecular weight is 372 g/mol. The quantitative estimate of drug-likeness (QED) is 0.375. The molecule has 2 heteroatoms. The van der Waals surface area contributed by atoms with Gasteiger partial charge in [-0.1, -0.05) is 72.4 Å². The number of hydrogen-bond acceptors (Lipinski definition) is 2. The molecule has 0 radical (unpaired) electrons. The van der Waals surface area contributed by atoms with Gasteiger partial charge in [-0.15, -0.1) is 0 Å². The molecule has 27 heavy (non-hydrogen) atoms. The van der Waals surface area contributed by atoms with Crippen LogP contribution in [0.4, 0.5) is 5.69 Å². The zero-order valence-corrected chi connectivity index (χ0v) is 18.3. The normalized spacial score (nSPS) is 18.0. The average Bonchev–Trinajstić information content (AvgIpc) is 2.65. The van der Waals surface area contributed by atoms with Gasteiger partial charge < -0.3 is 4.90 Å². The minimum atomic E-state index is 0.378. The second-order valence-electron chi connectivity index (χ2n) is 8.92. The Kier molecular flexibility index (Phi) is 8.86. The van der Waals surface area contributed by atoms with Crippen LogP contribution < -0.4 is 4.90 Å². The minimum absolute atomic E-state index is 0.378. The molecule has 2 nitrogen and oxygen atoms in total. The maximum atomic E-state index is 11.5. The monoisotopic (exact) mass is 371 g/mol. The Morgan fingerprint density at radius 1 is 1.04 bits per heavy atom. The highest BCUT2D eigenvalue weighted by Gasteiger charge is 2.33. The number of ketones is 1. The second-order valence-corrected chi connectivity index (χ2v) is 8.92. The Labute approximate surface area is 167 Å². The molecular formula is C25H41NO. The molecule has 0 spiro atoms. The lowest BCUT2D eigenvalue weighted by molar-refractivity contribution is -0.118. The number of benzene rings is 1. The van der Waals surface area contributed by atoms with Crippen LogP contribution in [-0.2, 0) is 4.79 Å². The lowest BCUT2D eigenvalue weighted by atomic mass is 9.77. The maximum absolute atomic E-state index is 11.5. The van der Waals surface area contributed by atoms with Crippen molar-refractivity contribution in [3.05, 3.63) is 29.8 Å². The van der Waals surface area contributed by atoms with Gasteiger partial charge in [0.2, 0.25) is 0 Å². The summed E-state index contributed by atoms with van der Waals surface area (Å²) >= 11 is 0. The van der Waals surface area contributed by atoms with Gasteiger partial charge in [0.25, 0.3) is 0 Å². The van der Waals surface area contributed by atoms with Gasteiger partial charge in [0.1, 0.15) is 5.78 Å². The van der Waals surface area contributed by atoms with Gasteiger partial charge in [-0.3, -0.25) is 4.79 Å². The van der Waals surface area contributed by atoms with Gasteiger partial charge in [-0.25, -0.2) is 0 Å². The first-order valence-electron chi connectivity index (χ1n) is 11.3. The SMILES string of the molecule is CCCCCC(C)C(C)C1CN(c2ccc(C(C)CCC(=O)CC)cc2)C1. The summed E-state index contributed by atoms with van der Waals surface area (Å²) < 4.78 is 0. The van der Waals surface area contributed by atoms with E-state index in [1.807, 2.05) is 6.92 Å². The van der Waals surface area contributed by atoms with E-state index in [0.717, 1.165) is 24.2 Å². The van der Waals surface area contributed by atoms with Crippen LogP contribution >= 0.6 is 0 Å². The molecule has 3 atom stereocenters. The van der Waals surface area contributed by atoms with Crippen molar-refractivity contribution in [3.63, 3.8) is 0 Å². The summed E-state index contributed by atoms with van der Waals surface area (Å²) in [7, 11) is 0. The summed E-state index contributed by atoms with van der Waals surface area (Å²) in [6.07, 6.45) is 7.82. The van der Waals surface area contributed by atoms with Crippen molar-refractivity contribution in [2.75, 3.05) is 18.0 Å². The number of rotatable bonds is 12. The number of hydrogen-bond donors (Lipinski definition) is 0. The summed E-state index contributed by atoms with van der Waals surface area (Å²) in [4.78, 5) is 14.1. The molecule has 152 valence electrons. The topological polar surface area (TPSA) is 20.3 Å². The molecule has 0 aliphatic carbocycles. The van der Waals surface area contributed by atoms with Gasteiger partial charge in [-0.2, -0.15) is 0 Å². The molecule has 1 fully saturated rings. The fourth-order valence-electron chi connectivity index (χ4n) is 4.23. The predicted octanol–water partition coefficient (Wildman–Crippen LogP) is 6.84. The van der Waals surface area contributed by atoms with Crippen molar-refractivity contribution in [2.45, 2.75) is 85.5 Å². The molecule has 1 aromatic rings. The number of carbonyl (C=O) groups is 1. The Morgan fingerprint density at radius 2 is 1.70 bits per heavy atom. The summed E-state index contributed by atoms with van der Waals surface area (Å²) in [5, 5.41) is 0. The van der Waals surface area contributed by atoms with E-state index in [2.05, 4.69) is 56.9 Å². The van der Waals surface area contributed by atoms with Crippen molar-refractivity contribution in [1.29, 1.82) is 0 Å². The van der Waals surface area contributed by atoms with Crippen molar-refractivity contribution >= 4 is 11.5 Å². The molecule has 2 rings (SSSR count). The van der Waals surface area contributed by atoms with Gasteiger partial charge in [-0.05, 0) is 47.8 Å². The molecule has 0 aromatic heterocycles. The molecular weight excluding hydrogens is 330 g/mol. The standard InChI is InChI=1S/C25H41NO/c1-6-8-9-10-19(3)21(5)23-17-26(18-23)24-14-12-22(13-15-24)20(4)11-16-25(27)7-2/h12-15,19-21,23H,6-11,16-18H2,1-5H3. The van der Waals surface area contributed by atoms with Crippen LogP contribution in [0, 0.1) is 17.8 Å². The second kappa shape index (κ2) is 10.9. The van der Waals surface area contributed by atoms with Crippen LogP contribution in [0.3, 0.4) is 0 Å². The first kappa shape index (κ1) is 22.0. The van der Waals surface area contributed by atoms with Crippen LogP contribution in [0.2, 0.25) is 0 Å². The van der Waals surface area contributed by atoms with E-state index in [1.165, 1.54) is 50.0 Å². The van der Waals surface area contributed by atoms with Gasteiger partial charge in [0.05, 0.1) is 0 Å². The van der Waals surface area contributed by atoms with Crippen molar-refractivity contribution in [3.8, 4) is 0 Å². The number of unbranched alkanes of at least 4 members (excludes halogenated alkanes) is 2. The van der Waals surface area contributed by atoms with Gasteiger partial charge >= 0.3 is 0 Å². The van der Waals surface area contributed by atoms with E-state index in [9.17, 15) is 4.79 Å². The molecule has 3 unspecified atom stereocenters. The Hall–Kier alpha value is -1.31. The zero-order valence-electron chi connectivity index (χ0n) is 18.3. The lowest BCUT2D eigenvalue weighted by Gasteiger charge is -2.46. The van der Waals surface area contributed by atoms with Crippen LogP contribution in [0.5, 0.6) is 0 Å². The van der Waals surface area contributed by atoms with Gasteiger partial charge in [0.15, 0.2) is 0 Å². The first-order valence-corrected chi connectivity index (χ1v) is 11.3. The summed E-state index contributed by atoms with van der Waals surface area (Å²) in [6.45, 7) is 13.8. The highest BCUT2D eigenvalue weighted by molar-refractivity contribution is 5.78. The highest BCUT2D eigenvalue weighted by Crippen LogP contribution is 2.35. The van der Waals surface area contributed by atoms with E-state index in [0.29, 0.717) is 24.5 Å². The summed E-state index contributed by atoms with van der Waals surface area (Å²) in [5.41, 5.74) is 2.72. The summed E-state index contributed by atoms with van der Waals surface area (Å²) in [6, 6.07) is 9.08. The lowest BCUT2D eigenvalue weighted by Crippen LogP contribution is -2.50. The molecule has 1 saturated heterocycles. The van der Waals surface area contributed by atoms with Crippen LogP contribution in [0.25, 0.3) is 0 Å². The number of Topliss-reactive ketones (excluding diaryl/α,β-unsaturated/α-hetero) is 1. The molecule has 1 aliphatic heterocycles. The van der Waals surface area contributed by atoms with E-state index in [-0.39, 0.29) is 0 Å². The molecule has 0 N–H and O–H groups in total. The first-order chi connectivity index (χ1) is 13.0. The number of nitrogens with zero attached hydrogens (tertiary/aromatic N) is 1. The predicted molar refractivity (Wildman–Crippen MR) is 118 cm³/mol. The minimum Gasteiger partial charge on any atom is -0.371 e. The van der Waals surface area contributed by atoms with Gasteiger partial charge in [0, 0.05) is 31.6 Å².